The summed E-state index contributed by atoms with van der Waals surface area (Å²) >= 11 is 5.95. The van der Waals surface area contributed by atoms with Crippen molar-refractivity contribution in [3.05, 3.63) is 34.9 Å². The van der Waals surface area contributed by atoms with E-state index in [-0.39, 0.29) is 56.8 Å². The van der Waals surface area contributed by atoms with Crippen molar-refractivity contribution in [1.29, 1.82) is 0 Å². The number of amides is 2. The Balaban J connectivity index is 0.00000441. The van der Waals surface area contributed by atoms with E-state index >= 15 is 0 Å². The number of aliphatic carboxylic acids is 1. The van der Waals surface area contributed by atoms with Crippen molar-refractivity contribution in [3.8, 4) is 0 Å². The second-order valence-electron chi connectivity index (χ2n) is 5.86. The van der Waals surface area contributed by atoms with Crippen molar-refractivity contribution in [1.82, 2.24) is 10.2 Å². The molecule has 0 aliphatic heterocycles. The van der Waals surface area contributed by atoms with E-state index in [4.69, 9.17) is 11.6 Å². The SMILES string of the molecule is CN(CC(=O)[O-])C(=O)NCC(C)(C)Cc1cccc(Cl)c1.[K+]. The fourth-order valence-electron chi connectivity index (χ4n) is 1.98. The molecule has 0 fully saturated rings. The Bertz CT molecular complexity index is 523. The van der Waals surface area contributed by atoms with Gasteiger partial charge >= 0.3 is 57.4 Å². The van der Waals surface area contributed by atoms with E-state index in [0.29, 0.717) is 11.6 Å². The molecule has 5 nitrogen and oxygen atoms in total. The Hall–Kier alpha value is -0.114. The summed E-state index contributed by atoms with van der Waals surface area (Å²) < 4.78 is 0. The molecule has 0 unspecified atom stereocenters. The zero-order valence-corrected chi connectivity index (χ0v) is 17.4. The number of urea groups is 1. The number of carboxylic acids is 1. The van der Waals surface area contributed by atoms with Crippen molar-refractivity contribution >= 4 is 23.6 Å². The quantitative estimate of drug-likeness (QED) is 0.622. The van der Waals surface area contributed by atoms with Crippen LogP contribution in [0.1, 0.15) is 19.4 Å². The van der Waals surface area contributed by atoms with Crippen LogP contribution < -0.4 is 61.8 Å². The van der Waals surface area contributed by atoms with E-state index in [1.54, 1.807) is 0 Å². The van der Waals surface area contributed by atoms with Crippen LogP contribution in [-0.4, -0.2) is 37.0 Å². The molecule has 1 N–H and O–H groups in total. The van der Waals surface area contributed by atoms with Crippen molar-refractivity contribution in [2.45, 2.75) is 20.3 Å². The molecule has 0 heterocycles. The van der Waals surface area contributed by atoms with Crippen molar-refractivity contribution in [2.24, 2.45) is 5.41 Å². The van der Waals surface area contributed by atoms with E-state index in [1.165, 1.54) is 7.05 Å². The van der Waals surface area contributed by atoms with Gasteiger partial charge in [0, 0.05) is 18.6 Å². The molecule has 0 aliphatic carbocycles. The van der Waals surface area contributed by atoms with Gasteiger partial charge in [-0.3, -0.25) is 0 Å². The molecule has 0 aromatic heterocycles. The Labute approximate surface area is 178 Å². The van der Waals surface area contributed by atoms with Gasteiger partial charge in [-0.1, -0.05) is 37.6 Å². The van der Waals surface area contributed by atoms with Gasteiger partial charge in [0.25, 0.3) is 0 Å². The number of carbonyl (C=O) groups is 2. The summed E-state index contributed by atoms with van der Waals surface area (Å²) in [5, 5.41) is 13.9. The number of nitrogens with one attached hydrogen (secondary N) is 1. The number of hydrogen-bond donors (Lipinski definition) is 1. The van der Waals surface area contributed by atoms with Crippen LogP contribution in [0.2, 0.25) is 5.02 Å². The van der Waals surface area contributed by atoms with Crippen molar-refractivity contribution in [3.63, 3.8) is 0 Å². The van der Waals surface area contributed by atoms with Crippen LogP contribution in [0.3, 0.4) is 0 Å². The first-order valence-corrected chi connectivity index (χ1v) is 7.01. The normalized spacial score (nSPS) is 10.5. The number of benzene rings is 1. The van der Waals surface area contributed by atoms with Crippen molar-refractivity contribution in [2.75, 3.05) is 20.1 Å². The number of carboxylic acid groups (broad SMARTS) is 1. The van der Waals surface area contributed by atoms with Crippen LogP contribution in [0.15, 0.2) is 24.3 Å². The molecule has 1 rings (SSSR count). The van der Waals surface area contributed by atoms with E-state index in [2.05, 4.69) is 5.32 Å². The maximum absolute atomic E-state index is 11.7. The zero-order chi connectivity index (χ0) is 16.0. The van der Waals surface area contributed by atoms with Gasteiger partial charge in [-0.05, 0) is 29.5 Å². The molecule has 22 heavy (non-hydrogen) atoms. The Morgan fingerprint density at radius 2 is 2.00 bits per heavy atom. The summed E-state index contributed by atoms with van der Waals surface area (Å²) in [5.74, 6) is -1.29. The molecule has 0 saturated carbocycles. The Morgan fingerprint density at radius 1 is 1.36 bits per heavy atom. The van der Waals surface area contributed by atoms with Gasteiger partial charge < -0.3 is 20.1 Å². The molecule has 1 aromatic rings. The van der Waals surface area contributed by atoms with Crippen LogP contribution in [0.25, 0.3) is 0 Å². The van der Waals surface area contributed by atoms with E-state index in [1.807, 2.05) is 38.1 Å². The summed E-state index contributed by atoms with van der Waals surface area (Å²) in [7, 11) is 1.41. The molecule has 2 amide bonds. The van der Waals surface area contributed by atoms with Gasteiger partial charge in [0.15, 0.2) is 0 Å². The van der Waals surface area contributed by atoms with Crippen LogP contribution in [0.4, 0.5) is 4.79 Å². The minimum Gasteiger partial charge on any atom is -0.548 e. The average molecular weight is 351 g/mol. The third-order valence-electron chi connectivity index (χ3n) is 3.00. The molecule has 1 aromatic carbocycles. The smallest absolute Gasteiger partial charge is 0.548 e. The summed E-state index contributed by atoms with van der Waals surface area (Å²) in [6.45, 7) is 4.04. The molecule has 116 valence electrons. The fourth-order valence-corrected chi connectivity index (χ4v) is 2.19. The molecule has 7 heteroatoms. The number of halogens is 1. The molecule has 0 radical (unpaired) electrons. The standard InChI is InChI=1S/C15H21ClN2O3.K/c1-15(2,8-11-5-4-6-12(16)7-11)10-17-14(21)18(3)9-13(19)20;/h4-7H,8-10H2,1-3H3,(H,17,21)(H,19,20);/q;+1/p-1. The number of rotatable bonds is 6. The minimum absolute atomic E-state index is 0. The predicted octanol–water partition coefficient (Wildman–Crippen LogP) is -1.70. The third-order valence-corrected chi connectivity index (χ3v) is 3.24. The largest absolute Gasteiger partial charge is 1.00 e. The number of nitrogens with zero attached hydrogens (tertiary/aromatic N) is 1. The summed E-state index contributed by atoms with van der Waals surface area (Å²) in [6.07, 6.45) is 0.748. The van der Waals surface area contributed by atoms with Crippen LogP contribution in [-0.2, 0) is 11.2 Å². The first kappa shape index (κ1) is 21.9. The van der Waals surface area contributed by atoms with E-state index < -0.39 is 18.5 Å². The van der Waals surface area contributed by atoms with Gasteiger partial charge in [0.2, 0.25) is 0 Å². The van der Waals surface area contributed by atoms with Gasteiger partial charge in [0.05, 0.1) is 12.5 Å². The van der Waals surface area contributed by atoms with Gasteiger partial charge in [0.1, 0.15) is 0 Å². The third kappa shape index (κ3) is 8.50. The number of hydrogen-bond acceptors (Lipinski definition) is 3. The van der Waals surface area contributed by atoms with Crippen molar-refractivity contribution < 1.29 is 66.1 Å². The molecular weight excluding hydrogens is 331 g/mol. The summed E-state index contributed by atoms with van der Waals surface area (Å²) in [4.78, 5) is 23.3. The monoisotopic (exact) mass is 350 g/mol. The van der Waals surface area contributed by atoms with Gasteiger partial charge in [-0.2, -0.15) is 0 Å². The maximum atomic E-state index is 11.7. The fraction of sp³-hybridized carbons (Fsp3) is 0.467. The maximum Gasteiger partial charge on any atom is 1.00 e. The molecule has 0 spiro atoms. The average Bonchev–Trinajstić information content (AvgIpc) is 2.34. The molecule has 0 bridgehead atoms. The summed E-state index contributed by atoms with van der Waals surface area (Å²) in [6, 6.07) is 7.15. The van der Waals surface area contributed by atoms with Crippen LogP contribution in [0.5, 0.6) is 0 Å². The van der Waals surface area contributed by atoms with Gasteiger partial charge in [-0.15, -0.1) is 0 Å². The molecular formula is C15H20ClKN2O3. The molecule has 0 saturated heterocycles. The number of likely N-dealkylation sites (N-methyl/N-ethyl adjacent to an activating group) is 1. The van der Waals surface area contributed by atoms with Crippen LogP contribution >= 0.6 is 11.6 Å². The minimum atomic E-state index is -1.29. The zero-order valence-electron chi connectivity index (χ0n) is 13.5. The first-order chi connectivity index (χ1) is 9.69. The van der Waals surface area contributed by atoms with Gasteiger partial charge in [-0.25, -0.2) is 4.79 Å². The van der Waals surface area contributed by atoms with E-state index in [9.17, 15) is 14.7 Å². The summed E-state index contributed by atoms with van der Waals surface area (Å²) in [5.41, 5.74) is 0.910. The topological polar surface area (TPSA) is 72.5 Å². The predicted molar refractivity (Wildman–Crippen MR) is 80.0 cm³/mol. The second kappa shape index (κ2) is 9.90. The van der Waals surface area contributed by atoms with Crippen LogP contribution in [0, 0.1) is 5.41 Å². The van der Waals surface area contributed by atoms with E-state index in [0.717, 1.165) is 16.9 Å². The first-order valence-electron chi connectivity index (χ1n) is 6.63. The Morgan fingerprint density at radius 3 is 2.55 bits per heavy atom. The Kier molecular flexibility index (Phi) is 9.85. The number of carbonyl (C=O) groups excluding carboxylic acids is 2. The second-order valence-corrected chi connectivity index (χ2v) is 6.29. The molecule has 0 aliphatic rings. The molecule has 0 atom stereocenters.